The maximum atomic E-state index is 12.6. The smallest absolute Gasteiger partial charge is 0.416 e. The molecule has 124 valence electrons. The number of alkyl halides is 3. The van der Waals surface area contributed by atoms with Gasteiger partial charge < -0.3 is 9.84 Å². The molecule has 2 aromatic rings. The Morgan fingerprint density at radius 1 is 1.13 bits per heavy atom. The molecule has 3 nitrogen and oxygen atoms in total. The van der Waals surface area contributed by atoms with E-state index < -0.39 is 23.8 Å². The van der Waals surface area contributed by atoms with E-state index in [1.165, 1.54) is 30.3 Å². The van der Waals surface area contributed by atoms with Crippen molar-refractivity contribution in [2.75, 3.05) is 0 Å². The Morgan fingerprint density at radius 3 is 2.26 bits per heavy atom. The average molecular weight is 367 g/mol. The maximum Gasteiger partial charge on any atom is 0.416 e. The Morgan fingerprint density at radius 2 is 1.74 bits per heavy atom. The fraction of sp³-hybridized carbons (Fsp3) is 0.133. The minimum absolute atomic E-state index is 0. The Balaban J connectivity index is 0.00000264. The molecule has 0 fully saturated rings. The van der Waals surface area contributed by atoms with E-state index in [4.69, 9.17) is 16.3 Å². The Labute approximate surface area is 141 Å². The van der Waals surface area contributed by atoms with Crippen LogP contribution in [0.15, 0.2) is 48.5 Å². The van der Waals surface area contributed by atoms with Gasteiger partial charge in [-0.2, -0.15) is 13.2 Å². The lowest BCUT2D eigenvalue weighted by atomic mass is 10.1. The molecule has 2 rings (SSSR count). The SMILES string of the molecule is Cl.O=C(O)C(Oc1cccc(C(F)(F)F)c1)c1ccc(Cl)cc1. The molecule has 0 aromatic heterocycles. The van der Waals surface area contributed by atoms with Crippen LogP contribution in [-0.2, 0) is 11.0 Å². The number of hydrogen-bond acceptors (Lipinski definition) is 2. The van der Waals surface area contributed by atoms with Crippen molar-refractivity contribution in [1.82, 2.24) is 0 Å². The summed E-state index contributed by atoms with van der Waals surface area (Å²) in [6.07, 6.45) is -5.96. The number of rotatable bonds is 4. The van der Waals surface area contributed by atoms with Crippen molar-refractivity contribution in [1.29, 1.82) is 0 Å². The van der Waals surface area contributed by atoms with Crippen molar-refractivity contribution in [2.24, 2.45) is 0 Å². The molecule has 0 aliphatic carbocycles. The Bertz CT molecular complexity index is 672. The topological polar surface area (TPSA) is 46.5 Å². The predicted octanol–water partition coefficient (Wildman–Crippen LogP) is 4.99. The molecular weight excluding hydrogens is 356 g/mol. The lowest BCUT2D eigenvalue weighted by molar-refractivity contribution is -0.145. The van der Waals surface area contributed by atoms with Crippen LogP contribution in [0.2, 0.25) is 5.02 Å². The highest BCUT2D eigenvalue weighted by atomic mass is 35.5. The molecule has 0 heterocycles. The van der Waals surface area contributed by atoms with Gasteiger partial charge in [0, 0.05) is 10.6 Å². The van der Waals surface area contributed by atoms with Gasteiger partial charge >= 0.3 is 12.1 Å². The zero-order chi connectivity index (χ0) is 16.3. The zero-order valence-electron chi connectivity index (χ0n) is 11.4. The molecule has 0 bridgehead atoms. The molecule has 0 amide bonds. The van der Waals surface area contributed by atoms with Crippen LogP contribution >= 0.6 is 24.0 Å². The van der Waals surface area contributed by atoms with E-state index in [-0.39, 0.29) is 23.7 Å². The Kier molecular flexibility index (Phi) is 6.29. The van der Waals surface area contributed by atoms with Crippen LogP contribution < -0.4 is 4.74 Å². The number of ether oxygens (including phenoxy) is 1. The number of carbonyl (C=O) groups is 1. The molecule has 0 spiro atoms. The van der Waals surface area contributed by atoms with Crippen LogP contribution in [0.5, 0.6) is 5.75 Å². The van der Waals surface area contributed by atoms with Gasteiger partial charge in [-0.3, -0.25) is 0 Å². The molecule has 2 aromatic carbocycles. The van der Waals surface area contributed by atoms with E-state index in [2.05, 4.69) is 0 Å². The fourth-order valence-electron chi connectivity index (χ4n) is 1.78. The Hall–Kier alpha value is -1.92. The second-order valence-electron chi connectivity index (χ2n) is 4.41. The molecular formula is C15H11Cl2F3O3. The number of carboxylic acids is 1. The van der Waals surface area contributed by atoms with Crippen molar-refractivity contribution in [3.8, 4) is 5.75 Å². The van der Waals surface area contributed by atoms with E-state index in [0.717, 1.165) is 18.2 Å². The van der Waals surface area contributed by atoms with Crippen LogP contribution in [-0.4, -0.2) is 11.1 Å². The minimum Gasteiger partial charge on any atom is -0.478 e. The summed E-state index contributed by atoms with van der Waals surface area (Å²) in [6, 6.07) is 9.88. The normalized spacial score (nSPS) is 12.2. The molecule has 0 radical (unpaired) electrons. The van der Waals surface area contributed by atoms with Crippen LogP contribution in [0.3, 0.4) is 0 Å². The molecule has 23 heavy (non-hydrogen) atoms. The molecule has 8 heteroatoms. The summed E-state index contributed by atoms with van der Waals surface area (Å²) in [6.45, 7) is 0. The summed E-state index contributed by atoms with van der Waals surface area (Å²) >= 11 is 5.71. The van der Waals surface area contributed by atoms with Crippen LogP contribution in [0.4, 0.5) is 13.2 Å². The molecule has 1 N–H and O–H groups in total. The third kappa shape index (κ3) is 5.04. The van der Waals surface area contributed by atoms with E-state index in [1.807, 2.05) is 0 Å². The van der Waals surface area contributed by atoms with Gasteiger partial charge in [0.25, 0.3) is 0 Å². The highest BCUT2D eigenvalue weighted by Crippen LogP contribution is 2.32. The minimum atomic E-state index is -4.53. The molecule has 0 aliphatic heterocycles. The summed E-state index contributed by atoms with van der Waals surface area (Å²) in [5, 5.41) is 9.62. The monoisotopic (exact) mass is 366 g/mol. The lowest BCUT2D eigenvalue weighted by Crippen LogP contribution is -2.18. The van der Waals surface area contributed by atoms with Gasteiger partial charge in [-0.1, -0.05) is 29.8 Å². The van der Waals surface area contributed by atoms with Gasteiger partial charge in [0.05, 0.1) is 5.56 Å². The highest BCUT2D eigenvalue weighted by molar-refractivity contribution is 6.30. The van der Waals surface area contributed by atoms with Gasteiger partial charge in [0.1, 0.15) is 5.75 Å². The lowest BCUT2D eigenvalue weighted by Gasteiger charge is -2.16. The van der Waals surface area contributed by atoms with E-state index in [1.54, 1.807) is 0 Å². The summed E-state index contributed by atoms with van der Waals surface area (Å²) in [7, 11) is 0. The van der Waals surface area contributed by atoms with Crippen LogP contribution in [0.25, 0.3) is 0 Å². The summed E-state index contributed by atoms with van der Waals surface area (Å²) < 4.78 is 43.1. The quantitative estimate of drug-likeness (QED) is 0.829. The molecule has 0 saturated carbocycles. The molecule has 1 unspecified atom stereocenters. The van der Waals surface area contributed by atoms with E-state index in [0.29, 0.717) is 5.02 Å². The average Bonchev–Trinajstić information content (AvgIpc) is 2.45. The summed E-state index contributed by atoms with van der Waals surface area (Å²) in [5.41, 5.74) is -0.639. The predicted molar refractivity (Wildman–Crippen MR) is 81.1 cm³/mol. The molecule has 0 aliphatic rings. The second kappa shape index (κ2) is 7.57. The number of aliphatic carboxylic acids is 1. The largest absolute Gasteiger partial charge is 0.478 e. The summed E-state index contributed by atoms with van der Waals surface area (Å²) in [4.78, 5) is 11.3. The van der Waals surface area contributed by atoms with Crippen molar-refractivity contribution in [3.05, 3.63) is 64.7 Å². The van der Waals surface area contributed by atoms with E-state index >= 15 is 0 Å². The first-order valence-corrected chi connectivity index (χ1v) is 6.47. The van der Waals surface area contributed by atoms with E-state index in [9.17, 15) is 23.1 Å². The standard InChI is InChI=1S/C15H10ClF3O3.ClH/c16-11-6-4-9(5-7-11)13(14(20)21)22-12-3-1-2-10(8-12)15(17,18)19;/h1-8,13H,(H,20,21);1H. The first kappa shape index (κ1) is 19.1. The van der Waals surface area contributed by atoms with Crippen LogP contribution in [0, 0.1) is 0 Å². The van der Waals surface area contributed by atoms with Crippen molar-refractivity contribution < 1.29 is 27.8 Å². The third-order valence-electron chi connectivity index (χ3n) is 2.81. The zero-order valence-corrected chi connectivity index (χ0v) is 13.0. The number of carboxylic acid groups (broad SMARTS) is 1. The van der Waals surface area contributed by atoms with Gasteiger partial charge in [-0.25, -0.2) is 4.79 Å². The second-order valence-corrected chi connectivity index (χ2v) is 4.85. The van der Waals surface area contributed by atoms with Crippen molar-refractivity contribution in [3.63, 3.8) is 0 Å². The van der Waals surface area contributed by atoms with Gasteiger partial charge in [0.15, 0.2) is 0 Å². The van der Waals surface area contributed by atoms with Crippen molar-refractivity contribution in [2.45, 2.75) is 12.3 Å². The van der Waals surface area contributed by atoms with Crippen molar-refractivity contribution >= 4 is 30.0 Å². The van der Waals surface area contributed by atoms with Gasteiger partial charge in [-0.15, -0.1) is 12.4 Å². The fourth-order valence-corrected chi connectivity index (χ4v) is 1.91. The molecule has 0 saturated heterocycles. The maximum absolute atomic E-state index is 12.6. The summed E-state index contributed by atoms with van der Waals surface area (Å²) in [5.74, 6) is -1.50. The van der Waals surface area contributed by atoms with Gasteiger partial charge in [0.2, 0.25) is 6.10 Å². The number of benzene rings is 2. The first-order chi connectivity index (χ1) is 10.3. The number of halogens is 5. The molecule has 1 atom stereocenters. The number of hydrogen-bond donors (Lipinski definition) is 1. The highest BCUT2D eigenvalue weighted by Gasteiger charge is 2.31. The third-order valence-corrected chi connectivity index (χ3v) is 3.06. The van der Waals surface area contributed by atoms with Gasteiger partial charge in [-0.05, 0) is 30.3 Å². The van der Waals surface area contributed by atoms with Crippen LogP contribution in [0.1, 0.15) is 17.2 Å². The first-order valence-electron chi connectivity index (χ1n) is 6.09.